The van der Waals surface area contributed by atoms with E-state index < -0.39 is 6.10 Å². The Morgan fingerprint density at radius 3 is 2.56 bits per heavy atom. The highest BCUT2D eigenvalue weighted by Crippen LogP contribution is 2.28. The van der Waals surface area contributed by atoms with Gasteiger partial charge in [0.05, 0.1) is 5.02 Å². The Hall–Kier alpha value is -2.15. The molecule has 0 spiro atoms. The van der Waals surface area contributed by atoms with Gasteiger partial charge in [-0.05, 0) is 31.2 Å². The van der Waals surface area contributed by atoms with E-state index in [-0.39, 0.29) is 5.91 Å². The van der Waals surface area contributed by atoms with Gasteiger partial charge in [0.25, 0.3) is 5.91 Å². The van der Waals surface area contributed by atoms with E-state index in [0.29, 0.717) is 25.9 Å². The number of nitrogens with zero attached hydrogens (tertiary/aromatic N) is 2. The number of anilines is 1. The number of benzene rings is 2. The molecule has 1 atom stereocenters. The minimum atomic E-state index is -0.734. The number of halogens is 2. The molecule has 0 aliphatic carbocycles. The lowest BCUT2D eigenvalue weighted by Gasteiger charge is -2.14. The van der Waals surface area contributed by atoms with Crippen LogP contribution in [0.2, 0.25) is 10.0 Å². The lowest BCUT2D eigenvalue weighted by atomic mass is 10.2. The number of hydrogen-bond donors (Lipinski definition) is 1. The van der Waals surface area contributed by atoms with Crippen molar-refractivity contribution in [3.8, 4) is 16.3 Å². The molecule has 0 fully saturated rings. The molecular weight excluding hydrogens is 381 g/mol. The summed E-state index contributed by atoms with van der Waals surface area (Å²) in [7, 11) is 0. The van der Waals surface area contributed by atoms with Crippen LogP contribution in [0.25, 0.3) is 10.6 Å². The summed E-state index contributed by atoms with van der Waals surface area (Å²) in [5.41, 5.74) is 0.878. The molecule has 0 unspecified atom stereocenters. The zero-order valence-electron chi connectivity index (χ0n) is 13.1. The van der Waals surface area contributed by atoms with Crippen molar-refractivity contribution >= 4 is 45.6 Å². The van der Waals surface area contributed by atoms with Crippen molar-refractivity contribution < 1.29 is 9.53 Å². The fourth-order valence-electron chi connectivity index (χ4n) is 1.97. The molecule has 0 aliphatic rings. The van der Waals surface area contributed by atoms with Gasteiger partial charge in [0, 0.05) is 10.6 Å². The first-order valence-electron chi connectivity index (χ1n) is 7.34. The standard InChI is InChI=1S/C17H13Cl2N3O2S/c1-10(24-14-5-3-2-4-13(14)19)15(23)20-17-22-21-16(25-17)11-6-8-12(18)9-7-11/h2-10H,1H3,(H,20,22,23)/t10-/m1/s1. The van der Waals surface area contributed by atoms with Crippen molar-refractivity contribution in [2.75, 3.05) is 5.32 Å². The minimum absolute atomic E-state index is 0.335. The van der Waals surface area contributed by atoms with E-state index in [1.54, 1.807) is 43.3 Å². The number of nitrogens with one attached hydrogen (secondary N) is 1. The molecule has 3 aromatic rings. The van der Waals surface area contributed by atoms with Crippen molar-refractivity contribution in [3.63, 3.8) is 0 Å². The predicted molar refractivity (Wildman–Crippen MR) is 101 cm³/mol. The van der Waals surface area contributed by atoms with Crippen LogP contribution in [0.5, 0.6) is 5.75 Å². The summed E-state index contributed by atoms with van der Waals surface area (Å²) in [6, 6.07) is 14.2. The third-order valence-electron chi connectivity index (χ3n) is 3.26. The van der Waals surface area contributed by atoms with E-state index >= 15 is 0 Å². The van der Waals surface area contributed by atoms with Crippen molar-refractivity contribution in [1.29, 1.82) is 0 Å². The van der Waals surface area contributed by atoms with Gasteiger partial charge in [-0.3, -0.25) is 10.1 Å². The van der Waals surface area contributed by atoms with Crippen LogP contribution < -0.4 is 10.1 Å². The van der Waals surface area contributed by atoms with E-state index in [2.05, 4.69) is 15.5 Å². The molecule has 2 aromatic carbocycles. The predicted octanol–water partition coefficient (Wildman–Crippen LogP) is 4.92. The maximum absolute atomic E-state index is 12.3. The summed E-state index contributed by atoms with van der Waals surface area (Å²) in [6.07, 6.45) is -0.734. The molecule has 0 bridgehead atoms. The van der Waals surface area contributed by atoms with Crippen LogP contribution in [0.1, 0.15) is 6.92 Å². The number of amides is 1. The first-order valence-corrected chi connectivity index (χ1v) is 8.91. The fraction of sp³-hybridized carbons (Fsp3) is 0.118. The van der Waals surface area contributed by atoms with E-state index in [9.17, 15) is 4.79 Å². The molecule has 1 aromatic heterocycles. The van der Waals surface area contributed by atoms with Crippen LogP contribution in [0, 0.1) is 0 Å². The van der Waals surface area contributed by atoms with Crippen molar-refractivity contribution in [2.24, 2.45) is 0 Å². The Morgan fingerprint density at radius 2 is 1.84 bits per heavy atom. The summed E-state index contributed by atoms with van der Waals surface area (Å²) in [4.78, 5) is 12.3. The topological polar surface area (TPSA) is 64.1 Å². The maximum atomic E-state index is 12.3. The van der Waals surface area contributed by atoms with E-state index in [4.69, 9.17) is 27.9 Å². The minimum Gasteiger partial charge on any atom is -0.479 e. The Balaban J connectivity index is 1.65. The molecule has 1 amide bonds. The first-order chi connectivity index (χ1) is 12.0. The first kappa shape index (κ1) is 17.7. The highest BCUT2D eigenvalue weighted by molar-refractivity contribution is 7.18. The summed E-state index contributed by atoms with van der Waals surface area (Å²) < 4.78 is 5.58. The molecule has 0 aliphatic heterocycles. The van der Waals surface area contributed by atoms with Gasteiger partial charge < -0.3 is 4.74 Å². The van der Waals surface area contributed by atoms with Gasteiger partial charge in [0.2, 0.25) is 5.13 Å². The maximum Gasteiger partial charge on any atom is 0.266 e. The highest BCUT2D eigenvalue weighted by atomic mass is 35.5. The second-order valence-electron chi connectivity index (χ2n) is 5.10. The Kier molecular flexibility index (Phi) is 5.53. The van der Waals surface area contributed by atoms with Gasteiger partial charge in [-0.2, -0.15) is 0 Å². The van der Waals surface area contributed by atoms with Crippen molar-refractivity contribution in [1.82, 2.24) is 10.2 Å². The second kappa shape index (κ2) is 7.82. The smallest absolute Gasteiger partial charge is 0.266 e. The largest absolute Gasteiger partial charge is 0.479 e. The van der Waals surface area contributed by atoms with E-state index in [1.807, 2.05) is 12.1 Å². The molecule has 128 valence electrons. The summed E-state index contributed by atoms with van der Waals surface area (Å²) >= 11 is 13.2. The highest BCUT2D eigenvalue weighted by Gasteiger charge is 2.18. The van der Waals surface area contributed by atoms with Gasteiger partial charge in [0.15, 0.2) is 6.10 Å². The van der Waals surface area contributed by atoms with Crippen LogP contribution in [0.4, 0.5) is 5.13 Å². The SMILES string of the molecule is C[C@@H](Oc1ccccc1Cl)C(=O)Nc1nnc(-c2ccc(Cl)cc2)s1. The third kappa shape index (κ3) is 4.48. The normalized spacial score (nSPS) is 11.8. The van der Waals surface area contributed by atoms with Gasteiger partial charge in [-0.25, -0.2) is 0 Å². The molecule has 8 heteroatoms. The average Bonchev–Trinajstić information content (AvgIpc) is 3.06. The molecule has 1 N–H and O–H groups in total. The van der Waals surface area contributed by atoms with E-state index in [1.165, 1.54) is 11.3 Å². The number of aromatic nitrogens is 2. The molecule has 3 rings (SSSR count). The number of para-hydroxylation sites is 1. The van der Waals surface area contributed by atoms with Crippen LogP contribution in [0.15, 0.2) is 48.5 Å². The molecule has 1 heterocycles. The molecule has 0 saturated heterocycles. The Labute approximate surface area is 158 Å². The van der Waals surface area contributed by atoms with Crippen molar-refractivity contribution in [2.45, 2.75) is 13.0 Å². The number of ether oxygens (including phenoxy) is 1. The summed E-state index contributed by atoms with van der Waals surface area (Å²) in [5, 5.41) is 12.9. The number of carbonyl (C=O) groups is 1. The van der Waals surface area contributed by atoms with Crippen LogP contribution in [-0.4, -0.2) is 22.2 Å². The lowest BCUT2D eigenvalue weighted by molar-refractivity contribution is -0.122. The number of carbonyl (C=O) groups excluding carboxylic acids is 1. The number of hydrogen-bond acceptors (Lipinski definition) is 5. The molecular formula is C17H13Cl2N3O2S. The fourth-order valence-corrected chi connectivity index (χ4v) is 3.03. The van der Waals surface area contributed by atoms with Gasteiger partial charge in [-0.15, -0.1) is 10.2 Å². The molecule has 0 radical (unpaired) electrons. The number of rotatable bonds is 5. The van der Waals surface area contributed by atoms with Gasteiger partial charge >= 0.3 is 0 Å². The van der Waals surface area contributed by atoms with Crippen molar-refractivity contribution in [3.05, 3.63) is 58.6 Å². The third-order valence-corrected chi connectivity index (χ3v) is 4.71. The molecule has 0 saturated carbocycles. The summed E-state index contributed by atoms with van der Waals surface area (Å²) in [5.74, 6) is 0.115. The second-order valence-corrected chi connectivity index (χ2v) is 6.92. The lowest BCUT2D eigenvalue weighted by Crippen LogP contribution is -2.30. The van der Waals surface area contributed by atoms with Crippen LogP contribution in [-0.2, 0) is 4.79 Å². The quantitative estimate of drug-likeness (QED) is 0.667. The Bertz CT molecular complexity index is 884. The molecule has 25 heavy (non-hydrogen) atoms. The van der Waals surface area contributed by atoms with Gasteiger partial charge in [-0.1, -0.05) is 58.8 Å². The molecule has 5 nitrogen and oxygen atoms in total. The summed E-state index contributed by atoms with van der Waals surface area (Å²) in [6.45, 7) is 1.64. The van der Waals surface area contributed by atoms with E-state index in [0.717, 1.165) is 5.56 Å². The zero-order chi connectivity index (χ0) is 17.8. The Morgan fingerprint density at radius 1 is 1.12 bits per heavy atom. The average molecular weight is 394 g/mol. The monoisotopic (exact) mass is 393 g/mol. The van der Waals surface area contributed by atoms with Gasteiger partial charge in [0.1, 0.15) is 10.8 Å². The van der Waals surface area contributed by atoms with Crippen LogP contribution in [0.3, 0.4) is 0 Å². The zero-order valence-corrected chi connectivity index (χ0v) is 15.4. The van der Waals surface area contributed by atoms with Crippen LogP contribution >= 0.6 is 34.5 Å².